The van der Waals surface area contributed by atoms with E-state index in [0.717, 1.165) is 22.5 Å². The second-order valence-electron chi connectivity index (χ2n) is 5.46. The molecular formula is C19H15N3O2S. The predicted molar refractivity (Wildman–Crippen MR) is 96.0 cm³/mol. The minimum absolute atomic E-state index is 0.498. The maximum Gasteiger partial charge on any atom is 0.277 e. The Labute approximate surface area is 149 Å². The number of aromatic nitrogens is 3. The molecule has 0 unspecified atom stereocenters. The van der Waals surface area contributed by atoms with Gasteiger partial charge in [0.05, 0.1) is 11.9 Å². The van der Waals surface area contributed by atoms with E-state index in [0.29, 0.717) is 22.8 Å². The molecule has 25 heavy (non-hydrogen) atoms. The average Bonchev–Trinajstić information content (AvgIpc) is 3.31. The van der Waals surface area contributed by atoms with Gasteiger partial charge in [0.2, 0.25) is 11.8 Å². The van der Waals surface area contributed by atoms with Crippen LogP contribution in [0.3, 0.4) is 0 Å². The van der Waals surface area contributed by atoms with Gasteiger partial charge in [0.15, 0.2) is 5.76 Å². The first-order valence-corrected chi connectivity index (χ1v) is 8.80. The normalized spacial score (nSPS) is 10.9. The van der Waals surface area contributed by atoms with Crippen LogP contribution in [0.1, 0.15) is 11.5 Å². The van der Waals surface area contributed by atoms with E-state index in [4.69, 9.17) is 8.83 Å². The van der Waals surface area contributed by atoms with Crippen LogP contribution in [0.25, 0.3) is 22.8 Å². The largest absolute Gasteiger partial charge is 0.440 e. The minimum Gasteiger partial charge on any atom is -0.440 e. The van der Waals surface area contributed by atoms with Gasteiger partial charge in [-0.1, -0.05) is 60.3 Å². The third kappa shape index (κ3) is 3.49. The Morgan fingerprint density at radius 2 is 1.72 bits per heavy atom. The van der Waals surface area contributed by atoms with Crippen LogP contribution in [-0.4, -0.2) is 15.2 Å². The fourth-order valence-electron chi connectivity index (χ4n) is 2.43. The molecule has 0 aliphatic rings. The van der Waals surface area contributed by atoms with Crippen molar-refractivity contribution in [3.05, 3.63) is 72.2 Å². The fourth-order valence-corrected chi connectivity index (χ4v) is 3.04. The summed E-state index contributed by atoms with van der Waals surface area (Å²) >= 11 is 1.41. The van der Waals surface area contributed by atoms with E-state index in [1.807, 2.05) is 61.5 Å². The van der Waals surface area contributed by atoms with Crippen LogP contribution in [0.4, 0.5) is 0 Å². The first kappa shape index (κ1) is 15.7. The smallest absolute Gasteiger partial charge is 0.277 e. The second-order valence-corrected chi connectivity index (χ2v) is 6.39. The van der Waals surface area contributed by atoms with E-state index in [1.54, 1.807) is 6.20 Å². The quantitative estimate of drug-likeness (QED) is 0.473. The van der Waals surface area contributed by atoms with Crippen molar-refractivity contribution >= 4 is 11.8 Å². The molecule has 0 saturated heterocycles. The number of aryl methyl sites for hydroxylation is 1. The Hall–Kier alpha value is -2.86. The van der Waals surface area contributed by atoms with E-state index < -0.39 is 0 Å². The summed E-state index contributed by atoms with van der Waals surface area (Å²) in [6.45, 7) is 2.02. The fraction of sp³-hybridized carbons (Fsp3) is 0.105. The lowest BCUT2D eigenvalue weighted by molar-refractivity contribution is 0.464. The Bertz CT molecular complexity index is 979. The van der Waals surface area contributed by atoms with E-state index in [2.05, 4.69) is 15.2 Å². The molecule has 0 N–H and O–H groups in total. The molecule has 0 aliphatic carbocycles. The van der Waals surface area contributed by atoms with Gasteiger partial charge in [-0.2, -0.15) is 0 Å². The third-order valence-corrected chi connectivity index (χ3v) is 4.52. The van der Waals surface area contributed by atoms with Crippen LogP contribution < -0.4 is 0 Å². The molecule has 2 aromatic carbocycles. The van der Waals surface area contributed by atoms with Crippen LogP contribution in [0.2, 0.25) is 0 Å². The lowest BCUT2D eigenvalue weighted by Crippen LogP contribution is -1.81. The molecule has 124 valence electrons. The van der Waals surface area contributed by atoms with Gasteiger partial charge in [-0.3, -0.25) is 0 Å². The maximum absolute atomic E-state index is 5.78. The SMILES string of the molecule is Cc1ccccc1-c1nnc(SCc2ncc(-c3ccccc3)o2)o1. The van der Waals surface area contributed by atoms with Gasteiger partial charge in [-0.15, -0.1) is 10.2 Å². The molecule has 2 aromatic heterocycles. The number of oxazole rings is 1. The van der Waals surface area contributed by atoms with Gasteiger partial charge in [0, 0.05) is 11.1 Å². The molecule has 0 aliphatic heterocycles. The first-order valence-electron chi connectivity index (χ1n) is 7.82. The second kappa shape index (κ2) is 6.94. The molecule has 0 saturated carbocycles. The van der Waals surface area contributed by atoms with Crippen molar-refractivity contribution in [1.29, 1.82) is 0 Å². The van der Waals surface area contributed by atoms with E-state index in [9.17, 15) is 0 Å². The van der Waals surface area contributed by atoms with E-state index in [-0.39, 0.29) is 0 Å². The summed E-state index contributed by atoms with van der Waals surface area (Å²) in [6.07, 6.45) is 1.73. The van der Waals surface area contributed by atoms with E-state index in [1.165, 1.54) is 11.8 Å². The zero-order valence-electron chi connectivity index (χ0n) is 13.5. The van der Waals surface area contributed by atoms with Crippen LogP contribution >= 0.6 is 11.8 Å². The average molecular weight is 349 g/mol. The summed E-state index contributed by atoms with van der Waals surface area (Å²) in [5, 5.41) is 8.71. The highest BCUT2D eigenvalue weighted by Crippen LogP contribution is 2.28. The van der Waals surface area contributed by atoms with Crippen LogP contribution in [0.15, 0.2) is 74.9 Å². The molecule has 0 radical (unpaired) electrons. The van der Waals surface area contributed by atoms with Gasteiger partial charge in [0.1, 0.15) is 0 Å². The highest BCUT2D eigenvalue weighted by molar-refractivity contribution is 7.98. The molecule has 0 atom stereocenters. The number of hydrogen-bond donors (Lipinski definition) is 0. The van der Waals surface area contributed by atoms with Crippen LogP contribution in [0, 0.1) is 6.92 Å². The van der Waals surface area contributed by atoms with Crippen molar-refractivity contribution in [2.75, 3.05) is 0 Å². The summed E-state index contributed by atoms with van der Waals surface area (Å²) in [5.74, 6) is 2.43. The highest BCUT2D eigenvalue weighted by Gasteiger charge is 2.13. The maximum atomic E-state index is 5.78. The lowest BCUT2D eigenvalue weighted by atomic mass is 10.1. The van der Waals surface area contributed by atoms with Crippen molar-refractivity contribution < 1.29 is 8.83 Å². The lowest BCUT2D eigenvalue weighted by Gasteiger charge is -1.98. The van der Waals surface area contributed by atoms with Crippen LogP contribution in [0.5, 0.6) is 0 Å². The van der Waals surface area contributed by atoms with Gasteiger partial charge < -0.3 is 8.83 Å². The highest BCUT2D eigenvalue weighted by atomic mass is 32.2. The topological polar surface area (TPSA) is 65.0 Å². The Kier molecular flexibility index (Phi) is 4.35. The van der Waals surface area contributed by atoms with Gasteiger partial charge >= 0.3 is 0 Å². The first-order chi connectivity index (χ1) is 12.3. The van der Waals surface area contributed by atoms with Crippen molar-refractivity contribution in [3.63, 3.8) is 0 Å². The number of nitrogens with zero attached hydrogens (tertiary/aromatic N) is 3. The number of thioether (sulfide) groups is 1. The Morgan fingerprint density at radius 1 is 0.920 bits per heavy atom. The van der Waals surface area contributed by atoms with E-state index >= 15 is 0 Å². The molecule has 0 fully saturated rings. The van der Waals surface area contributed by atoms with Crippen LogP contribution in [-0.2, 0) is 5.75 Å². The standard InChI is InChI=1S/C19H15N3O2S/c1-13-7-5-6-10-15(13)18-21-22-19(24-18)25-12-17-20-11-16(23-17)14-8-3-2-4-9-14/h2-11H,12H2,1H3. The number of benzene rings is 2. The third-order valence-electron chi connectivity index (χ3n) is 3.71. The molecule has 0 bridgehead atoms. The molecule has 0 spiro atoms. The zero-order chi connectivity index (χ0) is 17.1. The predicted octanol–water partition coefficient (Wildman–Crippen LogP) is 4.99. The van der Waals surface area contributed by atoms with Gasteiger partial charge in [0.25, 0.3) is 5.22 Å². The Balaban J connectivity index is 1.44. The van der Waals surface area contributed by atoms with Crippen molar-refractivity contribution in [2.45, 2.75) is 17.9 Å². The molecule has 6 heteroatoms. The minimum atomic E-state index is 0.498. The summed E-state index contributed by atoms with van der Waals surface area (Å²) in [4.78, 5) is 4.31. The van der Waals surface area contributed by atoms with Crippen molar-refractivity contribution in [3.8, 4) is 22.8 Å². The summed E-state index contributed by atoms with van der Waals surface area (Å²) in [5.41, 5.74) is 3.05. The molecule has 4 rings (SSSR count). The summed E-state index contributed by atoms with van der Waals surface area (Å²) < 4.78 is 11.5. The summed E-state index contributed by atoms with van der Waals surface area (Å²) in [6, 6.07) is 17.8. The molecule has 5 nitrogen and oxygen atoms in total. The molecule has 2 heterocycles. The number of hydrogen-bond acceptors (Lipinski definition) is 6. The molecule has 0 amide bonds. The Morgan fingerprint density at radius 3 is 2.56 bits per heavy atom. The van der Waals surface area contributed by atoms with Crippen molar-refractivity contribution in [1.82, 2.24) is 15.2 Å². The van der Waals surface area contributed by atoms with Gasteiger partial charge in [-0.05, 0) is 18.6 Å². The van der Waals surface area contributed by atoms with Crippen molar-refractivity contribution in [2.24, 2.45) is 0 Å². The number of rotatable bonds is 5. The monoisotopic (exact) mass is 349 g/mol. The molecule has 4 aromatic rings. The summed E-state index contributed by atoms with van der Waals surface area (Å²) in [7, 11) is 0. The zero-order valence-corrected chi connectivity index (χ0v) is 14.4. The molecular weight excluding hydrogens is 334 g/mol. The van der Waals surface area contributed by atoms with Gasteiger partial charge in [-0.25, -0.2) is 4.98 Å².